The summed E-state index contributed by atoms with van der Waals surface area (Å²) in [7, 11) is 0. The maximum Gasteiger partial charge on any atom is 0.416 e. The summed E-state index contributed by atoms with van der Waals surface area (Å²) in [6.45, 7) is 11.1. The van der Waals surface area contributed by atoms with Gasteiger partial charge in [-0.3, -0.25) is 9.80 Å². The first-order valence-corrected chi connectivity index (χ1v) is 17.4. The maximum absolute atomic E-state index is 12.9. The van der Waals surface area contributed by atoms with Crippen LogP contribution < -0.4 is 9.80 Å². The molecule has 2 fully saturated rings. The van der Waals surface area contributed by atoms with Crippen LogP contribution in [0.4, 0.5) is 21.2 Å². The highest BCUT2D eigenvalue weighted by atomic mass is 79.9. The first kappa shape index (κ1) is 35.2. The van der Waals surface area contributed by atoms with Crippen molar-refractivity contribution in [2.45, 2.75) is 116 Å². The predicted molar refractivity (Wildman–Crippen MR) is 186 cm³/mol. The number of fused-ring (bicyclic) bond motifs is 2. The lowest BCUT2D eigenvalue weighted by Crippen LogP contribution is -2.43. The van der Waals surface area contributed by atoms with Crippen LogP contribution in [0.5, 0.6) is 0 Å². The van der Waals surface area contributed by atoms with Crippen molar-refractivity contribution in [1.29, 1.82) is 0 Å². The molecular formula is C32H41BrCl2N8O4. The van der Waals surface area contributed by atoms with Gasteiger partial charge in [0.05, 0.1) is 0 Å². The number of aromatic nitrogens is 6. The van der Waals surface area contributed by atoms with Crippen LogP contribution in [0.1, 0.15) is 92.9 Å². The molecule has 0 aliphatic heterocycles. The summed E-state index contributed by atoms with van der Waals surface area (Å²) in [5.41, 5.74) is 0.309. The van der Waals surface area contributed by atoms with Gasteiger partial charge in [0, 0.05) is 18.3 Å². The van der Waals surface area contributed by atoms with E-state index in [2.05, 4.69) is 36.1 Å². The zero-order valence-electron chi connectivity index (χ0n) is 27.5. The van der Waals surface area contributed by atoms with E-state index in [1.165, 1.54) is 0 Å². The fourth-order valence-corrected chi connectivity index (χ4v) is 6.66. The molecule has 2 aliphatic carbocycles. The van der Waals surface area contributed by atoms with Crippen LogP contribution in [0, 0.1) is 0 Å². The van der Waals surface area contributed by atoms with E-state index in [-0.39, 0.29) is 28.7 Å². The molecule has 0 spiro atoms. The number of hydrogen-bond donors (Lipinski definition) is 0. The van der Waals surface area contributed by atoms with E-state index in [0.717, 1.165) is 61.5 Å². The first-order chi connectivity index (χ1) is 22.1. The Morgan fingerprint density at radius 2 is 1.23 bits per heavy atom. The molecule has 0 unspecified atom stereocenters. The summed E-state index contributed by atoms with van der Waals surface area (Å²) < 4.78 is 15.3. The summed E-state index contributed by atoms with van der Waals surface area (Å²) in [6, 6.07) is 7.58. The lowest BCUT2D eigenvalue weighted by Gasteiger charge is -2.31. The number of amides is 2. The number of halogens is 3. The molecule has 2 saturated carbocycles. The second-order valence-electron chi connectivity index (χ2n) is 13.8. The van der Waals surface area contributed by atoms with Gasteiger partial charge < -0.3 is 9.47 Å². The van der Waals surface area contributed by atoms with Crippen LogP contribution in [0.3, 0.4) is 0 Å². The SMILES string of the molecule is CC(C)(C)OC(=O)N(c1nc(Cl)nn2c(Br)ccc12)C1CCCC1.CC(C)(C)OC(=O)N(c1nc(Cl)nn2cccc12)C1CCCC1. The molecule has 0 saturated heterocycles. The summed E-state index contributed by atoms with van der Waals surface area (Å²) in [6.07, 6.45) is 9.10. The molecule has 15 heteroatoms. The number of carbonyl (C=O) groups excluding carboxylic acids is 2. The fraction of sp³-hybridized carbons (Fsp3) is 0.562. The topological polar surface area (TPSA) is 119 Å². The van der Waals surface area contributed by atoms with Crippen molar-refractivity contribution < 1.29 is 19.1 Å². The van der Waals surface area contributed by atoms with Gasteiger partial charge in [-0.15, -0.1) is 10.2 Å². The maximum atomic E-state index is 12.9. The van der Waals surface area contributed by atoms with Crippen molar-refractivity contribution in [3.63, 3.8) is 0 Å². The molecule has 254 valence electrons. The van der Waals surface area contributed by atoms with Gasteiger partial charge in [0.25, 0.3) is 0 Å². The molecule has 6 rings (SSSR count). The van der Waals surface area contributed by atoms with Gasteiger partial charge in [0.1, 0.15) is 26.8 Å². The van der Waals surface area contributed by atoms with Crippen molar-refractivity contribution in [3.05, 3.63) is 45.6 Å². The Labute approximate surface area is 292 Å². The third-order valence-corrected chi connectivity index (χ3v) is 8.70. The Bertz CT molecular complexity index is 1740. The molecule has 4 heterocycles. The standard InChI is InChI=1S/C16H20BrClN4O2.C16H21ClN4O2/c1-16(2,3)24-15(23)21(10-6-4-5-7-10)13-11-8-9-12(17)22(11)20-14(18)19-13;1-16(2,3)23-15(22)21(11-7-4-5-8-11)13-12-9-6-10-20(12)19-14(17)18-13/h8-10H,4-7H2,1-3H3;6,9-11H,4-5,7-8H2,1-3H3. The van der Waals surface area contributed by atoms with E-state index in [9.17, 15) is 9.59 Å². The van der Waals surface area contributed by atoms with E-state index < -0.39 is 17.3 Å². The Morgan fingerprint density at radius 1 is 0.766 bits per heavy atom. The van der Waals surface area contributed by atoms with Crippen molar-refractivity contribution in [2.75, 3.05) is 9.80 Å². The van der Waals surface area contributed by atoms with Crippen molar-refractivity contribution in [3.8, 4) is 0 Å². The van der Waals surface area contributed by atoms with Crippen LogP contribution in [0.25, 0.3) is 11.0 Å². The third-order valence-electron chi connectivity index (χ3n) is 7.78. The monoisotopic (exact) mass is 750 g/mol. The van der Waals surface area contributed by atoms with E-state index in [0.29, 0.717) is 17.2 Å². The van der Waals surface area contributed by atoms with Crippen LogP contribution in [-0.2, 0) is 9.47 Å². The van der Waals surface area contributed by atoms with Crippen molar-refractivity contribution >= 4 is 74.0 Å². The molecule has 47 heavy (non-hydrogen) atoms. The number of nitrogens with zero attached hydrogens (tertiary/aromatic N) is 8. The molecule has 4 aromatic rings. The molecule has 0 radical (unpaired) electrons. The lowest BCUT2D eigenvalue weighted by atomic mass is 10.2. The van der Waals surface area contributed by atoms with Crippen molar-refractivity contribution in [2.24, 2.45) is 0 Å². The van der Waals surface area contributed by atoms with Crippen molar-refractivity contribution in [1.82, 2.24) is 29.2 Å². The molecule has 0 atom stereocenters. The Balaban J connectivity index is 0.000000185. The molecule has 0 bridgehead atoms. The first-order valence-electron chi connectivity index (χ1n) is 15.9. The van der Waals surface area contributed by atoms with E-state index >= 15 is 0 Å². The molecular weight excluding hydrogens is 711 g/mol. The quantitative estimate of drug-likeness (QED) is 0.203. The molecule has 2 amide bonds. The average Bonchev–Trinajstić information content (AvgIpc) is 3.77. The minimum atomic E-state index is -0.580. The lowest BCUT2D eigenvalue weighted by molar-refractivity contribution is 0.0553. The summed E-state index contributed by atoms with van der Waals surface area (Å²) in [5.74, 6) is 0.998. The Hall–Kier alpha value is -3.16. The van der Waals surface area contributed by atoms with Crippen LogP contribution in [-0.4, -0.2) is 64.7 Å². The zero-order valence-corrected chi connectivity index (χ0v) is 30.6. The highest BCUT2D eigenvalue weighted by molar-refractivity contribution is 9.10. The van der Waals surface area contributed by atoms with Crippen LogP contribution in [0.2, 0.25) is 10.6 Å². The van der Waals surface area contributed by atoms with Gasteiger partial charge in [-0.2, -0.15) is 9.97 Å². The average molecular weight is 753 g/mol. The largest absolute Gasteiger partial charge is 0.443 e. The third kappa shape index (κ3) is 8.47. The Morgan fingerprint density at radius 3 is 1.72 bits per heavy atom. The van der Waals surface area contributed by atoms with Gasteiger partial charge in [-0.1, -0.05) is 25.7 Å². The van der Waals surface area contributed by atoms with Gasteiger partial charge in [0.2, 0.25) is 10.6 Å². The van der Waals surface area contributed by atoms with Gasteiger partial charge in [0.15, 0.2) is 11.6 Å². The summed E-state index contributed by atoms with van der Waals surface area (Å²) in [4.78, 5) is 37.7. The Kier molecular flexibility index (Phi) is 10.6. The molecule has 4 aromatic heterocycles. The fourth-order valence-electron chi connectivity index (χ4n) is 5.94. The van der Waals surface area contributed by atoms with Crippen LogP contribution in [0.15, 0.2) is 35.1 Å². The highest BCUT2D eigenvalue weighted by Gasteiger charge is 2.35. The van der Waals surface area contributed by atoms with Gasteiger partial charge in [-0.05, 0) is 131 Å². The van der Waals surface area contributed by atoms with Crippen LogP contribution >= 0.6 is 39.1 Å². The number of anilines is 2. The summed E-state index contributed by atoms with van der Waals surface area (Å²) >= 11 is 15.6. The molecule has 0 N–H and O–H groups in total. The number of ether oxygens (including phenoxy) is 2. The molecule has 12 nitrogen and oxygen atoms in total. The second-order valence-corrected chi connectivity index (χ2v) is 15.3. The normalized spacial score (nSPS) is 15.9. The minimum Gasteiger partial charge on any atom is -0.443 e. The van der Waals surface area contributed by atoms with Gasteiger partial charge >= 0.3 is 12.2 Å². The second kappa shape index (κ2) is 14.1. The van der Waals surface area contributed by atoms with Gasteiger partial charge in [-0.25, -0.2) is 18.6 Å². The predicted octanol–water partition coefficient (Wildman–Crippen LogP) is 8.90. The minimum absolute atomic E-state index is 0.0586. The highest BCUT2D eigenvalue weighted by Crippen LogP contribution is 2.34. The number of carbonyl (C=O) groups is 2. The zero-order chi connectivity index (χ0) is 34.1. The number of rotatable bonds is 4. The van der Waals surface area contributed by atoms with E-state index in [1.807, 2.05) is 65.8 Å². The smallest absolute Gasteiger partial charge is 0.416 e. The molecule has 2 aliphatic rings. The molecule has 0 aromatic carbocycles. The number of hydrogen-bond acceptors (Lipinski definition) is 8. The van der Waals surface area contributed by atoms with E-state index in [1.54, 1.807) is 25.0 Å². The summed E-state index contributed by atoms with van der Waals surface area (Å²) in [5, 5.41) is 8.51. The van der Waals surface area contributed by atoms with E-state index in [4.69, 9.17) is 32.7 Å².